The number of hydroxylamine groups is 2. The highest BCUT2D eigenvalue weighted by Gasteiger charge is 2.21. The molecule has 0 aliphatic heterocycles. The lowest BCUT2D eigenvalue weighted by atomic mass is 9.96. The van der Waals surface area contributed by atoms with E-state index in [1.165, 1.54) is 0 Å². The van der Waals surface area contributed by atoms with Gasteiger partial charge < -0.3 is 0 Å². The molecular weight excluding hydrogens is 138 g/mol. The third-order valence-electron chi connectivity index (χ3n) is 1.33. The Kier molecular flexibility index (Phi) is 4.04. The molecule has 0 atom stereocenters. The fourth-order valence-corrected chi connectivity index (χ4v) is 1.51. The molecule has 0 amide bonds. The second kappa shape index (κ2) is 4.07. The lowest BCUT2D eigenvalue weighted by Gasteiger charge is -2.29. The maximum atomic E-state index is 5.58. The van der Waals surface area contributed by atoms with Crippen LogP contribution in [0.2, 0.25) is 0 Å². The summed E-state index contributed by atoms with van der Waals surface area (Å²) >= 11 is 0. The first-order valence-electron chi connectivity index (χ1n) is 4.20. The van der Waals surface area contributed by atoms with Gasteiger partial charge >= 0.3 is 0 Å². The van der Waals surface area contributed by atoms with Gasteiger partial charge in [0.2, 0.25) is 0 Å². The molecule has 2 nitrogen and oxygen atoms in total. The van der Waals surface area contributed by atoms with Crippen molar-refractivity contribution in [2.45, 2.75) is 39.7 Å². The van der Waals surface area contributed by atoms with Crippen molar-refractivity contribution in [1.29, 1.82) is 0 Å². The maximum Gasteiger partial charge on any atom is 0.0846 e. The normalized spacial score (nSPS) is 13.1. The molecule has 0 saturated heterocycles. The molecule has 0 spiro atoms. The summed E-state index contributed by atoms with van der Waals surface area (Å²) in [6, 6.07) is 0. The van der Waals surface area contributed by atoms with E-state index >= 15 is 0 Å². The van der Waals surface area contributed by atoms with Crippen LogP contribution in [0.15, 0.2) is 0 Å². The van der Waals surface area contributed by atoms with Gasteiger partial charge in [-0.05, 0) is 26.2 Å². The molecule has 0 heterocycles. The van der Waals surface area contributed by atoms with Crippen molar-refractivity contribution in [1.82, 2.24) is 5.06 Å². The van der Waals surface area contributed by atoms with Gasteiger partial charge in [0.25, 0.3) is 0 Å². The molecule has 0 radical (unpaired) electrons. The van der Waals surface area contributed by atoms with Crippen molar-refractivity contribution in [3.8, 4) is 0 Å². The summed E-state index contributed by atoms with van der Waals surface area (Å²) in [6.45, 7) is 8.65. The topological polar surface area (TPSA) is 12.5 Å². The van der Waals surface area contributed by atoms with Gasteiger partial charge in [-0.15, -0.1) is 0 Å². The molecule has 0 aliphatic rings. The summed E-state index contributed by atoms with van der Waals surface area (Å²) in [5.74, 6) is 0.685. The molecule has 0 unspecified atom stereocenters. The van der Waals surface area contributed by atoms with Gasteiger partial charge in [0, 0.05) is 14.1 Å². The van der Waals surface area contributed by atoms with Crippen LogP contribution < -0.4 is 0 Å². The van der Waals surface area contributed by atoms with Crippen LogP contribution in [-0.4, -0.2) is 24.8 Å². The SMILES string of the molecule is CC(C)CC(C)(C)ON(C)C. The van der Waals surface area contributed by atoms with E-state index in [-0.39, 0.29) is 5.60 Å². The molecular formula is C9H21NO. The number of rotatable bonds is 4. The van der Waals surface area contributed by atoms with Crippen LogP contribution in [0.5, 0.6) is 0 Å². The van der Waals surface area contributed by atoms with Crippen molar-refractivity contribution < 1.29 is 4.84 Å². The first-order valence-corrected chi connectivity index (χ1v) is 4.20. The molecule has 2 heteroatoms. The average molecular weight is 159 g/mol. The Morgan fingerprint density at radius 2 is 1.73 bits per heavy atom. The zero-order valence-electron chi connectivity index (χ0n) is 8.64. The molecule has 0 aromatic carbocycles. The molecule has 0 saturated carbocycles. The minimum absolute atomic E-state index is 0.0301. The van der Waals surface area contributed by atoms with Crippen LogP contribution in [-0.2, 0) is 4.84 Å². The van der Waals surface area contributed by atoms with Crippen LogP contribution in [0.1, 0.15) is 34.1 Å². The van der Waals surface area contributed by atoms with E-state index in [1.807, 2.05) is 14.1 Å². The van der Waals surface area contributed by atoms with Gasteiger partial charge in [0.05, 0.1) is 5.60 Å². The van der Waals surface area contributed by atoms with E-state index in [2.05, 4.69) is 27.7 Å². The first kappa shape index (κ1) is 10.9. The Morgan fingerprint density at radius 1 is 1.27 bits per heavy atom. The Hall–Kier alpha value is -0.0800. The van der Waals surface area contributed by atoms with Crippen LogP contribution in [0, 0.1) is 5.92 Å². The summed E-state index contributed by atoms with van der Waals surface area (Å²) in [7, 11) is 3.84. The van der Waals surface area contributed by atoms with E-state index in [4.69, 9.17) is 4.84 Å². The third kappa shape index (κ3) is 6.32. The molecule has 0 bridgehead atoms. The predicted molar refractivity (Wildman–Crippen MR) is 48.3 cm³/mol. The number of hydrogen-bond acceptors (Lipinski definition) is 2. The standard InChI is InChI=1S/C9H21NO/c1-8(2)7-9(3,4)11-10(5)6/h8H,7H2,1-6H3. The van der Waals surface area contributed by atoms with Gasteiger partial charge in [-0.1, -0.05) is 13.8 Å². The highest BCUT2D eigenvalue weighted by molar-refractivity contribution is 4.68. The third-order valence-corrected chi connectivity index (χ3v) is 1.33. The minimum Gasteiger partial charge on any atom is -0.294 e. The van der Waals surface area contributed by atoms with E-state index in [1.54, 1.807) is 5.06 Å². The Balaban J connectivity index is 3.79. The second-order valence-corrected chi connectivity index (χ2v) is 4.26. The lowest BCUT2D eigenvalue weighted by Crippen LogP contribution is -2.32. The summed E-state index contributed by atoms with van der Waals surface area (Å²) in [5, 5.41) is 1.77. The molecule has 68 valence electrons. The largest absolute Gasteiger partial charge is 0.294 e. The average Bonchev–Trinajstić information content (AvgIpc) is 1.53. The van der Waals surface area contributed by atoms with E-state index in [9.17, 15) is 0 Å². The molecule has 0 fully saturated rings. The fraction of sp³-hybridized carbons (Fsp3) is 1.00. The smallest absolute Gasteiger partial charge is 0.0846 e. The first-order chi connectivity index (χ1) is 4.83. The molecule has 0 aromatic heterocycles. The van der Waals surface area contributed by atoms with Crippen LogP contribution in [0.3, 0.4) is 0 Å². The lowest BCUT2D eigenvalue weighted by molar-refractivity contribution is -0.211. The van der Waals surface area contributed by atoms with E-state index in [0.29, 0.717) is 5.92 Å². The Labute approximate surface area is 70.5 Å². The van der Waals surface area contributed by atoms with Crippen molar-refractivity contribution in [2.24, 2.45) is 5.92 Å². The molecule has 0 N–H and O–H groups in total. The van der Waals surface area contributed by atoms with Gasteiger partial charge in [-0.3, -0.25) is 4.84 Å². The highest BCUT2D eigenvalue weighted by Crippen LogP contribution is 2.20. The monoisotopic (exact) mass is 159 g/mol. The maximum absolute atomic E-state index is 5.58. The van der Waals surface area contributed by atoms with Gasteiger partial charge in [-0.25, -0.2) is 0 Å². The zero-order chi connectivity index (χ0) is 9.07. The van der Waals surface area contributed by atoms with Gasteiger partial charge in [0.15, 0.2) is 0 Å². The summed E-state index contributed by atoms with van der Waals surface area (Å²) in [5.41, 5.74) is -0.0301. The summed E-state index contributed by atoms with van der Waals surface area (Å²) in [4.78, 5) is 5.58. The molecule has 0 aliphatic carbocycles. The minimum atomic E-state index is -0.0301. The summed E-state index contributed by atoms with van der Waals surface area (Å²) in [6.07, 6.45) is 1.09. The molecule has 0 rings (SSSR count). The Bertz CT molecular complexity index is 96.1. The molecule has 11 heavy (non-hydrogen) atoms. The van der Waals surface area contributed by atoms with Crippen LogP contribution >= 0.6 is 0 Å². The fourth-order valence-electron chi connectivity index (χ4n) is 1.51. The van der Waals surface area contributed by atoms with Crippen molar-refractivity contribution in [3.63, 3.8) is 0 Å². The quantitative estimate of drug-likeness (QED) is 0.584. The highest BCUT2D eigenvalue weighted by atomic mass is 16.7. The van der Waals surface area contributed by atoms with Crippen molar-refractivity contribution in [3.05, 3.63) is 0 Å². The van der Waals surface area contributed by atoms with Gasteiger partial charge in [-0.2, -0.15) is 5.06 Å². The number of hydrogen-bond donors (Lipinski definition) is 0. The zero-order valence-corrected chi connectivity index (χ0v) is 8.64. The van der Waals surface area contributed by atoms with Gasteiger partial charge in [0.1, 0.15) is 0 Å². The predicted octanol–water partition coefficient (Wildman–Crippen LogP) is 2.30. The van der Waals surface area contributed by atoms with E-state index < -0.39 is 0 Å². The second-order valence-electron chi connectivity index (χ2n) is 4.26. The van der Waals surface area contributed by atoms with Crippen LogP contribution in [0.25, 0.3) is 0 Å². The Morgan fingerprint density at radius 3 is 2.00 bits per heavy atom. The van der Waals surface area contributed by atoms with Crippen molar-refractivity contribution >= 4 is 0 Å². The van der Waals surface area contributed by atoms with Crippen molar-refractivity contribution in [2.75, 3.05) is 14.1 Å². The summed E-state index contributed by atoms with van der Waals surface area (Å²) < 4.78 is 0. The number of nitrogens with zero attached hydrogens (tertiary/aromatic N) is 1. The molecule has 0 aromatic rings. The van der Waals surface area contributed by atoms with E-state index in [0.717, 1.165) is 6.42 Å². The van der Waals surface area contributed by atoms with Crippen LogP contribution in [0.4, 0.5) is 0 Å².